The Morgan fingerprint density at radius 2 is 2.04 bits per heavy atom. The van der Waals surface area contributed by atoms with E-state index in [1.54, 1.807) is 25.1 Å². The molecule has 7 nitrogen and oxygen atoms in total. The Morgan fingerprint density at radius 3 is 2.65 bits per heavy atom. The van der Waals surface area contributed by atoms with E-state index in [-0.39, 0.29) is 30.7 Å². The Bertz CT molecular complexity index is 794. The molecule has 0 aliphatic carbocycles. The molecular weight excluding hydrogens is 363 g/mol. The minimum atomic E-state index is -0.826. The van der Waals surface area contributed by atoms with E-state index in [9.17, 15) is 14.0 Å². The smallest absolute Gasteiger partial charge is 0.307 e. The highest BCUT2D eigenvalue weighted by molar-refractivity contribution is 5.91. The lowest BCUT2D eigenvalue weighted by atomic mass is 10.1. The van der Waals surface area contributed by atoms with E-state index < -0.39 is 11.9 Å². The van der Waals surface area contributed by atoms with Gasteiger partial charge in [-0.3, -0.25) is 14.5 Å². The number of aliphatic carboxylic acids is 1. The molecule has 1 unspecified atom stereocenters. The molecule has 1 atom stereocenters. The number of hydrogen-bond donors (Lipinski definition) is 2. The van der Waals surface area contributed by atoms with Crippen LogP contribution in [0.1, 0.15) is 12.1 Å². The van der Waals surface area contributed by atoms with Crippen LogP contribution in [0.4, 0.5) is 10.2 Å². The van der Waals surface area contributed by atoms with Gasteiger partial charge < -0.3 is 10.4 Å². The summed E-state index contributed by atoms with van der Waals surface area (Å²) < 4.78 is 14.6. The Labute approximate surface area is 156 Å². The molecule has 0 bridgehead atoms. The summed E-state index contributed by atoms with van der Waals surface area (Å²) >= 11 is 0. The highest BCUT2D eigenvalue weighted by atomic mass is 35.5. The summed E-state index contributed by atoms with van der Waals surface area (Å²) in [4.78, 5) is 25.1. The number of aryl methyl sites for hydroxylation is 1. The number of rotatable bonds is 5. The van der Waals surface area contributed by atoms with Crippen LogP contribution in [0.5, 0.6) is 0 Å². The number of nitrogens with one attached hydrogen (secondary N) is 1. The van der Waals surface area contributed by atoms with Gasteiger partial charge in [-0.25, -0.2) is 9.07 Å². The lowest BCUT2D eigenvalue weighted by Crippen LogP contribution is -2.32. The second-order valence-corrected chi connectivity index (χ2v) is 6.17. The van der Waals surface area contributed by atoms with Crippen LogP contribution >= 0.6 is 12.4 Å². The molecule has 1 aliphatic heterocycles. The Kier molecular flexibility index (Phi) is 6.33. The van der Waals surface area contributed by atoms with Crippen molar-refractivity contribution in [1.29, 1.82) is 0 Å². The molecule has 0 saturated carbocycles. The van der Waals surface area contributed by atoms with E-state index in [0.717, 1.165) is 0 Å². The zero-order valence-electron chi connectivity index (χ0n) is 14.2. The number of likely N-dealkylation sites (tertiary alicyclic amines) is 1. The zero-order chi connectivity index (χ0) is 18.0. The average molecular weight is 383 g/mol. The van der Waals surface area contributed by atoms with Gasteiger partial charge in [-0.2, -0.15) is 5.10 Å². The molecule has 2 aromatic rings. The van der Waals surface area contributed by atoms with Gasteiger partial charge in [0.05, 0.1) is 23.8 Å². The normalized spacial score (nSPS) is 16.9. The maximum atomic E-state index is 13.1. The van der Waals surface area contributed by atoms with Crippen molar-refractivity contribution >= 4 is 30.1 Å². The molecule has 1 aromatic carbocycles. The first kappa shape index (κ1) is 19.9. The fourth-order valence-corrected chi connectivity index (χ4v) is 2.93. The summed E-state index contributed by atoms with van der Waals surface area (Å²) in [5.74, 6) is -1.34. The van der Waals surface area contributed by atoms with Crippen molar-refractivity contribution in [3.8, 4) is 5.69 Å². The number of anilines is 1. The summed E-state index contributed by atoms with van der Waals surface area (Å²) in [6, 6.07) is 7.54. The second kappa shape index (κ2) is 8.29. The number of nitrogens with zero attached hydrogens (tertiary/aromatic N) is 3. The molecule has 1 saturated heterocycles. The van der Waals surface area contributed by atoms with Gasteiger partial charge in [0.25, 0.3) is 0 Å². The molecule has 140 valence electrons. The van der Waals surface area contributed by atoms with Gasteiger partial charge in [0.2, 0.25) is 5.91 Å². The quantitative estimate of drug-likeness (QED) is 0.826. The van der Waals surface area contributed by atoms with Crippen molar-refractivity contribution in [2.24, 2.45) is 5.92 Å². The topological polar surface area (TPSA) is 87.5 Å². The van der Waals surface area contributed by atoms with Crippen molar-refractivity contribution in [3.05, 3.63) is 41.8 Å². The van der Waals surface area contributed by atoms with Crippen LogP contribution in [-0.4, -0.2) is 51.3 Å². The molecule has 9 heteroatoms. The van der Waals surface area contributed by atoms with E-state index in [2.05, 4.69) is 10.4 Å². The molecule has 0 radical (unpaired) electrons. The number of carbonyl (C=O) groups is 2. The van der Waals surface area contributed by atoms with Gasteiger partial charge in [0.1, 0.15) is 11.6 Å². The van der Waals surface area contributed by atoms with Crippen LogP contribution in [0.2, 0.25) is 0 Å². The van der Waals surface area contributed by atoms with E-state index in [4.69, 9.17) is 5.11 Å². The average Bonchev–Trinajstić information content (AvgIpc) is 3.15. The van der Waals surface area contributed by atoms with Gasteiger partial charge >= 0.3 is 5.97 Å². The number of hydrogen-bond acceptors (Lipinski definition) is 4. The number of carbonyl (C=O) groups excluding carboxylic acids is 1. The molecule has 1 fully saturated rings. The molecule has 26 heavy (non-hydrogen) atoms. The lowest BCUT2D eigenvalue weighted by molar-refractivity contribution is -0.141. The summed E-state index contributed by atoms with van der Waals surface area (Å²) in [7, 11) is 0. The first-order chi connectivity index (χ1) is 11.9. The SMILES string of the molecule is Cc1cc(NC(=O)CN2CCC(C(=O)O)C2)n(-c2ccc(F)cc2)n1.Cl. The number of amides is 1. The standard InChI is InChI=1S/C17H19FN4O3.ClH/c1-11-8-15(22(20-11)14-4-2-13(18)3-5-14)19-16(23)10-21-7-6-12(9-21)17(24)25;/h2-5,8,12H,6-7,9-10H2,1H3,(H,19,23)(H,24,25);1H. The molecule has 1 amide bonds. The van der Waals surface area contributed by atoms with Crippen LogP contribution in [-0.2, 0) is 9.59 Å². The first-order valence-electron chi connectivity index (χ1n) is 8.00. The number of halogens is 2. The van der Waals surface area contributed by atoms with Gasteiger partial charge in [0, 0.05) is 12.6 Å². The van der Waals surface area contributed by atoms with Crippen LogP contribution in [0.25, 0.3) is 5.69 Å². The summed E-state index contributed by atoms with van der Waals surface area (Å²) in [5, 5.41) is 16.1. The molecule has 1 aliphatic rings. The van der Waals surface area contributed by atoms with E-state index in [1.165, 1.54) is 16.8 Å². The minimum absolute atomic E-state index is 0. The monoisotopic (exact) mass is 382 g/mol. The van der Waals surface area contributed by atoms with Crippen molar-refractivity contribution < 1.29 is 19.1 Å². The fourth-order valence-electron chi connectivity index (χ4n) is 2.93. The van der Waals surface area contributed by atoms with Crippen LogP contribution in [0.3, 0.4) is 0 Å². The maximum Gasteiger partial charge on any atom is 0.307 e. The number of carboxylic acid groups (broad SMARTS) is 1. The molecule has 2 N–H and O–H groups in total. The maximum absolute atomic E-state index is 13.1. The second-order valence-electron chi connectivity index (χ2n) is 6.17. The van der Waals surface area contributed by atoms with Gasteiger partial charge in [-0.05, 0) is 44.2 Å². The summed E-state index contributed by atoms with van der Waals surface area (Å²) in [6.07, 6.45) is 0.551. The number of aromatic nitrogens is 2. The fraction of sp³-hybridized carbons (Fsp3) is 0.353. The van der Waals surface area contributed by atoms with Gasteiger partial charge in [0.15, 0.2) is 0 Å². The van der Waals surface area contributed by atoms with Crippen LogP contribution in [0.15, 0.2) is 30.3 Å². The van der Waals surface area contributed by atoms with Crippen molar-refractivity contribution in [3.63, 3.8) is 0 Å². The molecule has 1 aromatic heterocycles. The molecule has 3 rings (SSSR count). The Morgan fingerprint density at radius 1 is 1.35 bits per heavy atom. The van der Waals surface area contributed by atoms with Crippen molar-refractivity contribution in [2.75, 3.05) is 25.0 Å². The molecular formula is C17H20ClFN4O3. The minimum Gasteiger partial charge on any atom is -0.481 e. The molecule has 2 heterocycles. The van der Waals surface area contributed by atoms with Crippen LogP contribution < -0.4 is 5.32 Å². The van der Waals surface area contributed by atoms with Crippen molar-refractivity contribution in [2.45, 2.75) is 13.3 Å². The van der Waals surface area contributed by atoms with E-state index in [0.29, 0.717) is 36.7 Å². The summed E-state index contributed by atoms with van der Waals surface area (Å²) in [5.41, 5.74) is 1.35. The van der Waals surface area contributed by atoms with Gasteiger partial charge in [-0.1, -0.05) is 0 Å². The predicted molar refractivity (Wildman–Crippen MR) is 96.3 cm³/mol. The van der Waals surface area contributed by atoms with Gasteiger partial charge in [-0.15, -0.1) is 12.4 Å². The lowest BCUT2D eigenvalue weighted by Gasteiger charge is -2.15. The third-order valence-electron chi connectivity index (χ3n) is 4.16. The zero-order valence-corrected chi connectivity index (χ0v) is 15.0. The Balaban J connectivity index is 0.00000243. The third kappa shape index (κ3) is 4.59. The third-order valence-corrected chi connectivity index (χ3v) is 4.16. The Hall–Kier alpha value is -2.45. The molecule has 0 spiro atoms. The number of carboxylic acids is 1. The first-order valence-corrected chi connectivity index (χ1v) is 8.00. The highest BCUT2D eigenvalue weighted by Crippen LogP contribution is 2.19. The highest BCUT2D eigenvalue weighted by Gasteiger charge is 2.29. The van der Waals surface area contributed by atoms with E-state index >= 15 is 0 Å². The van der Waals surface area contributed by atoms with Crippen molar-refractivity contribution in [1.82, 2.24) is 14.7 Å². The predicted octanol–water partition coefficient (Wildman–Crippen LogP) is 2.09. The van der Waals surface area contributed by atoms with E-state index in [1.807, 2.05) is 4.90 Å². The van der Waals surface area contributed by atoms with Crippen LogP contribution in [0, 0.1) is 18.7 Å². The largest absolute Gasteiger partial charge is 0.481 e. The number of benzene rings is 1. The summed E-state index contributed by atoms with van der Waals surface area (Å²) in [6.45, 7) is 2.88.